The molecular formula is C15H16ClN5O2. The van der Waals surface area contributed by atoms with Crippen LogP contribution in [0.3, 0.4) is 0 Å². The molecule has 2 aromatic heterocycles. The minimum Gasteiger partial charge on any atom is -0.332 e. The molecule has 3 heterocycles. The number of rotatable bonds is 2. The van der Waals surface area contributed by atoms with Crippen LogP contribution in [0.5, 0.6) is 0 Å². The highest BCUT2D eigenvalue weighted by Gasteiger charge is 2.23. The molecular weight excluding hydrogens is 318 g/mol. The summed E-state index contributed by atoms with van der Waals surface area (Å²) in [7, 11) is 1.67. The van der Waals surface area contributed by atoms with Gasteiger partial charge in [0.1, 0.15) is 0 Å². The lowest BCUT2D eigenvalue weighted by atomic mass is 10.1. The van der Waals surface area contributed by atoms with E-state index in [1.54, 1.807) is 30.3 Å². The number of fused-ring (bicyclic) bond motifs is 1. The van der Waals surface area contributed by atoms with Crippen molar-refractivity contribution in [3.63, 3.8) is 0 Å². The van der Waals surface area contributed by atoms with E-state index in [9.17, 15) is 9.59 Å². The Bertz CT molecular complexity index is 787. The van der Waals surface area contributed by atoms with Crippen LogP contribution in [0.2, 0.25) is 5.02 Å². The van der Waals surface area contributed by atoms with Gasteiger partial charge in [-0.15, -0.1) is 0 Å². The summed E-state index contributed by atoms with van der Waals surface area (Å²) in [5, 5.41) is 3.37. The number of aryl methyl sites for hydroxylation is 1. The number of amides is 2. The number of pyridine rings is 1. The summed E-state index contributed by atoms with van der Waals surface area (Å²) in [5.41, 5.74) is 2.05. The summed E-state index contributed by atoms with van der Waals surface area (Å²) in [6, 6.07) is 3.29. The van der Waals surface area contributed by atoms with E-state index in [1.807, 2.05) is 0 Å². The lowest BCUT2D eigenvalue weighted by Crippen LogP contribution is -2.44. The van der Waals surface area contributed by atoms with Gasteiger partial charge in [0, 0.05) is 25.4 Å². The second-order valence-electron chi connectivity index (χ2n) is 5.38. The van der Waals surface area contributed by atoms with Crippen molar-refractivity contribution in [3.05, 3.63) is 57.0 Å². The zero-order chi connectivity index (χ0) is 16.4. The molecule has 2 amide bonds. The van der Waals surface area contributed by atoms with Crippen molar-refractivity contribution in [2.24, 2.45) is 7.05 Å². The zero-order valence-electron chi connectivity index (χ0n) is 12.6. The summed E-state index contributed by atoms with van der Waals surface area (Å²) in [6.07, 6.45) is 3.54. The first-order valence-corrected chi connectivity index (χ1v) is 7.59. The Kier molecular flexibility index (Phi) is 4.29. The molecule has 0 unspecified atom stereocenters. The third-order valence-corrected chi connectivity index (χ3v) is 4.01. The Hall–Kier alpha value is -2.41. The van der Waals surface area contributed by atoms with Crippen molar-refractivity contribution in [1.82, 2.24) is 24.8 Å². The maximum Gasteiger partial charge on any atom is 0.318 e. The van der Waals surface area contributed by atoms with Gasteiger partial charge < -0.3 is 14.8 Å². The van der Waals surface area contributed by atoms with Crippen molar-refractivity contribution in [1.29, 1.82) is 0 Å². The number of nitrogens with zero attached hydrogens (tertiary/aromatic N) is 4. The number of halogens is 1. The number of hydrogen-bond donors (Lipinski definition) is 1. The minimum absolute atomic E-state index is 0.0413. The quantitative estimate of drug-likeness (QED) is 0.892. The summed E-state index contributed by atoms with van der Waals surface area (Å²) < 4.78 is 1.46. The molecule has 0 spiro atoms. The lowest BCUT2D eigenvalue weighted by Gasteiger charge is -2.27. The predicted octanol–water partition coefficient (Wildman–Crippen LogP) is 1.10. The van der Waals surface area contributed by atoms with Crippen LogP contribution in [-0.4, -0.2) is 32.0 Å². The van der Waals surface area contributed by atoms with Gasteiger partial charge in [-0.05, 0) is 18.6 Å². The largest absolute Gasteiger partial charge is 0.332 e. The highest BCUT2D eigenvalue weighted by Crippen LogP contribution is 2.13. The molecule has 0 bridgehead atoms. The first kappa shape index (κ1) is 15.5. The van der Waals surface area contributed by atoms with E-state index >= 15 is 0 Å². The lowest BCUT2D eigenvalue weighted by molar-refractivity contribution is 0.190. The molecule has 120 valence electrons. The zero-order valence-corrected chi connectivity index (χ0v) is 13.4. The van der Waals surface area contributed by atoms with Crippen molar-refractivity contribution < 1.29 is 4.79 Å². The number of aromatic nitrogens is 3. The Morgan fingerprint density at radius 3 is 2.96 bits per heavy atom. The molecule has 23 heavy (non-hydrogen) atoms. The maximum atomic E-state index is 12.2. The van der Waals surface area contributed by atoms with Crippen LogP contribution in [0.1, 0.15) is 17.0 Å². The molecule has 3 rings (SSSR count). The van der Waals surface area contributed by atoms with Crippen LogP contribution in [-0.2, 0) is 26.6 Å². The molecule has 0 aliphatic carbocycles. The summed E-state index contributed by atoms with van der Waals surface area (Å²) in [4.78, 5) is 34.3. The van der Waals surface area contributed by atoms with Crippen molar-refractivity contribution >= 4 is 17.6 Å². The molecule has 0 atom stereocenters. The average molecular weight is 334 g/mol. The maximum absolute atomic E-state index is 12.2. The van der Waals surface area contributed by atoms with Crippen molar-refractivity contribution in [2.75, 3.05) is 6.54 Å². The summed E-state index contributed by atoms with van der Waals surface area (Å²) >= 11 is 5.78. The molecule has 0 radical (unpaired) electrons. The number of hydrogen-bond acceptors (Lipinski definition) is 4. The molecule has 0 saturated heterocycles. The molecule has 7 nitrogen and oxygen atoms in total. The molecule has 0 saturated carbocycles. The molecule has 8 heteroatoms. The van der Waals surface area contributed by atoms with Crippen molar-refractivity contribution in [2.45, 2.75) is 19.5 Å². The average Bonchev–Trinajstić information content (AvgIpc) is 2.57. The number of nitrogens with one attached hydrogen (secondary N) is 1. The normalized spacial score (nSPS) is 13.6. The van der Waals surface area contributed by atoms with Gasteiger partial charge in [-0.25, -0.2) is 9.78 Å². The fourth-order valence-electron chi connectivity index (χ4n) is 2.48. The Labute approximate surface area is 137 Å². The van der Waals surface area contributed by atoms with Gasteiger partial charge in [0.2, 0.25) is 0 Å². The van der Waals surface area contributed by atoms with Crippen LogP contribution < -0.4 is 10.9 Å². The van der Waals surface area contributed by atoms with Gasteiger partial charge in [0.25, 0.3) is 5.56 Å². The molecule has 0 aromatic carbocycles. The molecule has 2 aromatic rings. The second-order valence-corrected chi connectivity index (χ2v) is 5.82. The first-order chi connectivity index (χ1) is 11.0. The van der Waals surface area contributed by atoms with E-state index < -0.39 is 0 Å². The monoisotopic (exact) mass is 333 g/mol. The molecule has 1 aliphatic heterocycles. The fourth-order valence-corrected chi connectivity index (χ4v) is 2.59. The summed E-state index contributed by atoms with van der Waals surface area (Å²) in [5.74, 6) is 0. The van der Waals surface area contributed by atoms with E-state index in [4.69, 9.17) is 11.6 Å². The van der Waals surface area contributed by atoms with Crippen LogP contribution in [0, 0.1) is 0 Å². The Morgan fingerprint density at radius 1 is 1.39 bits per heavy atom. The highest BCUT2D eigenvalue weighted by atomic mass is 35.5. The van der Waals surface area contributed by atoms with Crippen LogP contribution in [0.15, 0.2) is 29.5 Å². The smallest absolute Gasteiger partial charge is 0.318 e. The fraction of sp³-hybridized carbons (Fsp3) is 0.333. The van der Waals surface area contributed by atoms with Crippen molar-refractivity contribution in [3.8, 4) is 0 Å². The Morgan fingerprint density at radius 2 is 2.22 bits per heavy atom. The second kappa shape index (κ2) is 6.37. The standard InChI is InChI=1S/C15H16ClN5O2/c1-20-9-19-13-8-21(5-4-12(13)14(20)22)15(23)18-7-11-3-2-10(16)6-17-11/h2-3,6,9H,4-5,7-8H2,1H3,(H,18,23). The van der Waals surface area contributed by atoms with Gasteiger partial charge in [-0.2, -0.15) is 0 Å². The van der Waals surface area contributed by atoms with Gasteiger partial charge in [-0.1, -0.05) is 11.6 Å². The third-order valence-electron chi connectivity index (χ3n) is 3.78. The third kappa shape index (κ3) is 3.34. The topological polar surface area (TPSA) is 80.1 Å². The van der Waals surface area contributed by atoms with Gasteiger partial charge in [-0.3, -0.25) is 9.78 Å². The van der Waals surface area contributed by atoms with Gasteiger partial charge >= 0.3 is 6.03 Å². The number of carbonyl (C=O) groups excluding carboxylic acids is 1. The molecule has 1 aliphatic rings. The number of urea groups is 1. The van der Waals surface area contributed by atoms with E-state index in [-0.39, 0.29) is 11.6 Å². The van der Waals surface area contributed by atoms with Crippen LogP contribution in [0.25, 0.3) is 0 Å². The first-order valence-electron chi connectivity index (χ1n) is 7.21. The molecule has 0 fully saturated rings. The van der Waals surface area contributed by atoms with Crippen LogP contribution in [0.4, 0.5) is 4.79 Å². The summed E-state index contributed by atoms with van der Waals surface area (Å²) in [6.45, 7) is 1.16. The minimum atomic E-state index is -0.199. The van der Waals surface area contributed by atoms with E-state index in [0.29, 0.717) is 42.3 Å². The number of carbonyl (C=O) groups is 1. The Balaban J connectivity index is 1.64. The highest BCUT2D eigenvalue weighted by molar-refractivity contribution is 6.30. The van der Waals surface area contributed by atoms with E-state index in [2.05, 4.69) is 15.3 Å². The van der Waals surface area contributed by atoms with E-state index in [0.717, 1.165) is 5.69 Å². The predicted molar refractivity (Wildman–Crippen MR) is 85.1 cm³/mol. The van der Waals surface area contributed by atoms with Crippen LogP contribution >= 0.6 is 11.6 Å². The van der Waals surface area contributed by atoms with Gasteiger partial charge in [0.05, 0.1) is 35.8 Å². The van der Waals surface area contributed by atoms with Gasteiger partial charge in [0.15, 0.2) is 0 Å². The van der Waals surface area contributed by atoms with E-state index in [1.165, 1.54) is 10.9 Å². The molecule has 1 N–H and O–H groups in total. The SMILES string of the molecule is Cn1cnc2c(c1=O)CCN(C(=O)NCc1ccc(Cl)cn1)C2.